The van der Waals surface area contributed by atoms with Gasteiger partial charge in [0, 0.05) is 56.1 Å². The molecule has 4 aliphatic rings. The standard InChI is InChI=1S/C27H30N6O4/c34-23-6-5-22(25(36)31-23)33-15-18-12-20(3-4-21(18)26(33)37)30-24(35)11-16-7-9-32(10-8-16)27-28-13-19(14-29-27)17-1-2-17/h3-4,12-14,16-17,22H,1-2,5-11,15H2,(H,30,35)(H,31,34,36). The first-order valence-electron chi connectivity index (χ1n) is 13.1. The molecule has 4 amide bonds. The van der Waals surface area contributed by atoms with Crippen molar-refractivity contribution in [2.24, 2.45) is 5.92 Å². The number of carbonyl (C=O) groups excluding carboxylic acids is 4. The molecule has 0 bridgehead atoms. The molecule has 1 saturated carbocycles. The summed E-state index contributed by atoms with van der Waals surface area (Å²) in [4.78, 5) is 62.1. The number of amides is 4. The number of imide groups is 1. The zero-order valence-corrected chi connectivity index (χ0v) is 20.6. The first-order valence-corrected chi connectivity index (χ1v) is 13.1. The molecule has 1 atom stereocenters. The number of rotatable bonds is 6. The molecule has 1 aromatic carbocycles. The minimum absolute atomic E-state index is 0.0465. The first-order chi connectivity index (χ1) is 17.9. The van der Waals surface area contributed by atoms with Gasteiger partial charge in [-0.3, -0.25) is 24.5 Å². The Bertz CT molecular complexity index is 1250. The highest BCUT2D eigenvalue weighted by atomic mass is 16.2. The van der Waals surface area contributed by atoms with Crippen LogP contribution in [0.15, 0.2) is 30.6 Å². The highest BCUT2D eigenvalue weighted by molar-refractivity contribution is 6.05. The zero-order chi connectivity index (χ0) is 25.5. The number of fused-ring (bicyclic) bond motifs is 1. The third-order valence-corrected chi connectivity index (χ3v) is 7.89. The maximum Gasteiger partial charge on any atom is 0.255 e. The van der Waals surface area contributed by atoms with E-state index in [-0.39, 0.29) is 30.7 Å². The van der Waals surface area contributed by atoms with Gasteiger partial charge in [-0.2, -0.15) is 0 Å². The summed E-state index contributed by atoms with van der Waals surface area (Å²) in [5, 5.41) is 5.29. The van der Waals surface area contributed by atoms with Crippen LogP contribution >= 0.6 is 0 Å². The van der Waals surface area contributed by atoms with Gasteiger partial charge in [0.2, 0.25) is 23.7 Å². The fraction of sp³-hybridized carbons (Fsp3) is 0.481. The molecule has 0 spiro atoms. The monoisotopic (exact) mass is 502 g/mol. The Morgan fingerprint density at radius 2 is 1.78 bits per heavy atom. The molecule has 10 nitrogen and oxygen atoms in total. The van der Waals surface area contributed by atoms with Crippen molar-refractivity contribution in [3.8, 4) is 0 Å². The minimum atomic E-state index is -0.650. The maximum atomic E-state index is 12.9. The fourth-order valence-corrected chi connectivity index (χ4v) is 5.59. The lowest BCUT2D eigenvalue weighted by atomic mass is 9.93. The predicted octanol–water partition coefficient (Wildman–Crippen LogP) is 2.36. The van der Waals surface area contributed by atoms with Crippen LogP contribution in [0.2, 0.25) is 0 Å². The number of carbonyl (C=O) groups is 4. The van der Waals surface area contributed by atoms with Gasteiger partial charge in [-0.25, -0.2) is 9.97 Å². The summed E-state index contributed by atoms with van der Waals surface area (Å²) in [7, 11) is 0. The van der Waals surface area contributed by atoms with Gasteiger partial charge in [-0.05, 0) is 73.3 Å². The van der Waals surface area contributed by atoms with Crippen LogP contribution in [-0.2, 0) is 20.9 Å². The Labute approximate surface area is 214 Å². The Morgan fingerprint density at radius 1 is 1.03 bits per heavy atom. The van der Waals surface area contributed by atoms with Gasteiger partial charge in [0.1, 0.15) is 6.04 Å². The largest absolute Gasteiger partial charge is 0.341 e. The van der Waals surface area contributed by atoms with Gasteiger partial charge >= 0.3 is 0 Å². The van der Waals surface area contributed by atoms with E-state index in [1.165, 1.54) is 23.3 Å². The molecule has 192 valence electrons. The quantitative estimate of drug-likeness (QED) is 0.581. The van der Waals surface area contributed by atoms with Crippen molar-refractivity contribution in [3.05, 3.63) is 47.3 Å². The molecule has 4 heterocycles. The molecule has 2 N–H and O–H groups in total. The fourth-order valence-electron chi connectivity index (χ4n) is 5.59. The number of nitrogens with zero attached hydrogens (tertiary/aromatic N) is 4. The van der Waals surface area contributed by atoms with Crippen molar-refractivity contribution >= 4 is 35.3 Å². The van der Waals surface area contributed by atoms with Crippen molar-refractivity contribution in [2.75, 3.05) is 23.3 Å². The Hall–Kier alpha value is -3.82. The zero-order valence-electron chi connectivity index (χ0n) is 20.6. The van der Waals surface area contributed by atoms with E-state index in [9.17, 15) is 19.2 Å². The molecule has 2 saturated heterocycles. The number of hydrogen-bond donors (Lipinski definition) is 2. The van der Waals surface area contributed by atoms with Crippen LogP contribution in [-0.4, -0.2) is 57.6 Å². The van der Waals surface area contributed by atoms with E-state index in [0.717, 1.165) is 37.4 Å². The maximum absolute atomic E-state index is 12.9. The summed E-state index contributed by atoms with van der Waals surface area (Å²) in [6.45, 7) is 1.95. The second kappa shape index (κ2) is 9.57. The first kappa shape index (κ1) is 23.6. The second-order valence-corrected chi connectivity index (χ2v) is 10.5. The SMILES string of the molecule is O=C1CCC(N2Cc3cc(NC(=O)CC4CCN(c5ncc(C6CC6)cn5)CC4)ccc3C2=O)C(=O)N1. The molecule has 1 aromatic heterocycles. The number of aromatic nitrogens is 2. The molecule has 37 heavy (non-hydrogen) atoms. The summed E-state index contributed by atoms with van der Waals surface area (Å²) >= 11 is 0. The Morgan fingerprint density at radius 3 is 2.49 bits per heavy atom. The van der Waals surface area contributed by atoms with Gasteiger partial charge < -0.3 is 15.1 Å². The van der Waals surface area contributed by atoms with Crippen LogP contribution < -0.4 is 15.5 Å². The smallest absolute Gasteiger partial charge is 0.255 e. The highest BCUT2D eigenvalue weighted by Crippen LogP contribution is 2.39. The van der Waals surface area contributed by atoms with E-state index in [4.69, 9.17) is 0 Å². The summed E-state index contributed by atoms with van der Waals surface area (Å²) in [6, 6.07) is 4.59. The summed E-state index contributed by atoms with van der Waals surface area (Å²) in [5.41, 5.74) is 3.18. The van der Waals surface area contributed by atoms with Crippen molar-refractivity contribution in [2.45, 2.75) is 63.5 Å². The molecular formula is C27H30N6O4. The lowest BCUT2D eigenvalue weighted by Gasteiger charge is -2.31. The van der Waals surface area contributed by atoms with E-state index >= 15 is 0 Å². The number of piperidine rings is 2. The van der Waals surface area contributed by atoms with E-state index in [1.54, 1.807) is 12.1 Å². The van der Waals surface area contributed by atoms with Gasteiger partial charge in [-0.1, -0.05) is 0 Å². The minimum Gasteiger partial charge on any atom is -0.341 e. The molecule has 1 unspecified atom stereocenters. The molecule has 10 heteroatoms. The average Bonchev–Trinajstić information content (AvgIpc) is 3.69. The summed E-state index contributed by atoms with van der Waals surface area (Å²) in [5.74, 6) is 0.701. The topological polar surface area (TPSA) is 125 Å². The van der Waals surface area contributed by atoms with Gasteiger partial charge in [-0.15, -0.1) is 0 Å². The number of benzene rings is 1. The van der Waals surface area contributed by atoms with Crippen LogP contribution in [0, 0.1) is 5.92 Å². The van der Waals surface area contributed by atoms with Crippen LogP contribution in [0.25, 0.3) is 0 Å². The lowest BCUT2D eigenvalue weighted by molar-refractivity contribution is -0.137. The molecule has 1 aliphatic carbocycles. The number of anilines is 2. The molecular weight excluding hydrogens is 472 g/mol. The molecule has 3 aliphatic heterocycles. The van der Waals surface area contributed by atoms with Crippen molar-refractivity contribution < 1.29 is 19.2 Å². The van der Waals surface area contributed by atoms with Gasteiger partial charge in [0.15, 0.2) is 0 Å². The Balaban J connectivity index is 1.01. The van der Waals surface area contributed by atoms with E-state index in [2.05, 4.69) is 25.5 Å². The normalized spacial score (nSPS) is 22.2. The number of hydrogen-bond acceptors (Lipinski definition) is 7. The molecule has 2 aromatic rings. The van der Waals surface area contributed by atoms with E-state index < -0.39 is 11.9 Å². The summed E-state index contributed by atoms with van der Waals surface area (Å²) in [6.07, 6.45) is 9.17. The highest BCUT2D eigenvalue weighted by Gasteiger charge is 2.39. The van der Waals surface area contributed by atoms with Crippen LogP contribution in [0.4, 0.5) is 11.6 Å². The second-order valence-electron chi connectivity index (χ2n) is 10.5. The third-order valence-electron chi connectivity index (χ3n) is 7.89. The average molecular weight is 503 g/mol. The van der Waals surface area contributed by atoms with Crippen molar-refractivity contribution in [1.82, 2.24) is 20.2 Å². The summed E-state index contributed by atoms with van der Waals surface area (Å²) < 4.78 is 0. The Kier molecular flexibility index (Phi) is 6.10. The molecule has 6 rings (SSSR count). The van der Waals surface area contributed by atoms with Gasteiger partial charge in [0.05, 0.1) is 0 Å². The van der Waals surface area contributed by atoms with Gasteiger partial charge in [0.25, 0.3) is 5.91 Å². The van der Waals surface area contributed by atoms with Crippen LogP contribution in [0.3, 0.4) is 0 Å². The lowest BCUT2D eigenvalue weighted by Crippen LogP contribution is -2.52. The predicted molar refractivity (Wildman–Crippen MR) is 135 cm³/mol. The van der Waals surface area contributed by atoms with Crippen LogP contribution in [0.5, 0.6) is 0 Å². The third kappa shape index (κ3) is 4.92. The molecule has 0 radical (unpaired) electrons. The van der Waals surface area contributed by atoms with Crippen molar-refractivity contribution in [1.29, 1.82) is 0 Å². The van der Waals surface area contributed by atoms with Crippen molar-refractivity contribution in [3.63, 3.8) is 0 Å². The number of nitrogens with one attached hydrogen (secondary N) is 2. The van der Waals surface area contributed by atoms with E-state index in [0.29, 0.717) is 35.9 Å². The van der Waals surface area contributed by atoms with E-state index in [1.807, 2.05) is 18.5 Å². The van der Waals surface area contributed by atoms with Crippen LogP contribution in [0.1, 0.15) is 72.3 Å². The molecule has 3 fully saturated rings.